The molecule has 0 saturated heterocycles. The molecule has 1 N–H and O–H groups in total. The largest absolute Gasteiger partial charge is 0.477 e. The molecule has 0 saturated carbocycles. The van der Waals surface area contributed by atoms with E-state index in [2.05, 4.69) is 9.97 Å². The van der Waals surface area contributed by atoms with E-state index in [-0.39, 0.29) is 11.5 Å². The van der Waals surface area contributed by atoms with Crippen molar-refractivity contribution in [1.29, 1.82) is 0 Å². The molecule has 0 atom stereocenters. The standard InChI is InChI=1S/C12H9FN2O2/c1-7-2-3-8(4-9(7)13)10-5-11(12(16)17)15-6-14-10/h2-6H,1H3,(H,16,17). The fourth-order valence-corrected chi connectivity index (χ4v) is 1.38. The van der Waals surface area contributed by atoms with Gasteiger partial charge in [0, 0.05) is 5.56 Å². The Morgan fingerprint density at radius 1 is 1.29 bits per heavy atom. The lowest BCUT2D eigenvalue weighted by Crippen LogP contribution is -2.01. The number of benzene rings is 1. The first kappa shape index (κ1) is 11.2. The second kappa shape index (κ2) is 4.29. The van der Waals surface area contributed by atoms with Gasteiger partial charge in [-0.05, 0) is 24.6 Å². The number of carbonyl (C=O) groups is 1. The van der Waals surface area contributed by atoms with Gasteiger partial charge in [-0.25, -0.2) is 19.2 Å². The number of nitrogens with zero attached hydrogens (tertiary/aromatic N) is 2. The van der Waals surface area contributed by atoms with E-state index in [9.17, 15) is 9.18 Å². The van der Waals surface area contributed by atoms with Gasteiger partial charge in [-0.15, -0.1) is 0 Å². The van der Waals surface area contributed by atoms with E-state index in [0.29, 0.717) is 16.8 Å². The molecule has 1 aromatic carbocycles. The summed E-state index contributed by atoms with van der Waals surface area (Å²) in [4.78, 5) is 18.3. The molecule has 1 heterocycles. The predicted octanol–water partition coefficient (Wildman–Crippen LogP) is 2.29. The number of aromatic carboxylic acids is 1. The van der Waals surface area contributed by atoms with Gasteiger partial charge in [0.25, 0.3) is 0 Å². The molecule has 0 fully saturated rings. The minimum Gasteiger partial charge on any atom is -0.477 e. The molecule has 17 heavy (non-hydrogen) atoms. The van der Waals surface area contributed by atoms with Crippen LogP contribution < -0.4 is 0 Å². The Bertz CT molecular complexity index is 584. The lowest BCUT2D eigenvalue weighted by Gasteiger charge is -2.03. The summed E-state index contributed by atoms with van der Waals surface area (Å²) in [5.74, 6) is -1.49. The molecule has 2 aromatic rings. The zero-order valence-corrected chi connectivity index (χ0v) is 9.01. The number of hydrogen-bond donors (Lipinski definition) is 1. The van der Waals surface area contributed by atoms with Gasteiger partial charge in [0.2, 0.25) is 0 Å². The van der Waals surface area contributed by atoms with E-state index >= 15 is 0 Å². The molecule has 0 unspecified atom stereocenters. The van der Waals surface area contributed by atoms with Crippen LogP contribution in [0.2, 0.25) is 0 Å². The summed E-state index contributed by atoms with van der Waals surface area (Å²) < 4.78 is 13.4. The number of carboxylic acids is 1. The van der Waals surface area contributed by atoms with Crippen LogP contribution in [0.1, 0.15) is 16.1 Å². The third-order valence-corrected chi connectivity index (χ3v) is 2.35. The average Bonchev–Trinajstić information content (AvgIpc) is 2.33. The lowest BCUT2D eigenvalue weighted by molar-refractivity contribution is 0.0690. The smallest absolute Gasteiger partial charge is 0.354 e. The van der Waals surface area contributed by atoms with Crippen molar-refractivity contribution >= 4 is 5.97 Å². The molecule has 0 aliphatic rings. The van der Waals surface area contributed by atoms with Crippen molar-refractivity contribution in [2.24, 2.45) is 0 Å². The number of halogens is 1. The second-order valence-electron chi connectivity index (χ2n) is 3.56. The van der Waals surface area contributed by atoms with Crippen LogP contribution >= 0.6 is 0 Å². The van der Waals surface area contributed by atoms with Gasteiger partial charge < -0.3 is 5.11 Å². The molecule has 86 valence electrons. The molecule has 1 aromatic heterocycles. The first-order valence-corrected chi connectivity index (χ1v) is 4.90. The Labute approximate surface area is 96.8 Å². The Balaban J connectivity index is 2.49. The topological polar surface area (TPSA) is 63.1 Å². The SMILES string of the molecule is Cc1ccc(-c2cc(C(=O)O)ncn2)cc1F. The number of aromatic nitrogens is 2. The van der Waals surface area contributed by atoms with Gasteiger partial charge in [0.15, 0.2) is 5.69 Å². The zero-order chi connectivity index (χ0) is 12.4. The van der Waals surface area contributed by atoms with Crippen LogP contribution in [0, 0.1) is 12.7 Å². The molecule has 5 heteroatoms. The minimum atomic E-state index is -1.14. The second-order valence-corrected chi connectivity index (χ2v) is 3.56. The number of carboxylic acid groups (broad SMARTS) is 1. The first-order valence-electron chi connectivity index (χ1n) is 4.90. The van der Waals surface area contributed by atoms with E-state index < -0.39 is 5.97 Å². The minimum absolute atomic E-state index is 0.115. The van der Waals surface area contributed by atoms with E-state index in [1.165, 1.54) is 12.1 Å². The van der Waals surface area contributed by atoms with Crippen molar-refractivity contribution in [3.63, 3.8) is 0 Å². The van der Waals surface area contributed by atoms with Crippen LogP contribution in [-0.4, -0.2) is 21.0 Å². The molecular weight excluding hydrogens is 223 g/mol. The Morgan fingerprint density at radius 3 is 2.71 bits per heavy atom. The zero-order valence-electron chi connectivity index (χ0n) is 9.01. The average molecular weight is 232 g/mol. The summed E-state index contributed by atoms with van der Waals surface area (Å²) in [6.07, 6.45) is 1.15. The normalized spacial score (nSPS) is 10.2. The molecule has 0 bridgehead atoms. The lowest BCUT2D eigenvalue weighted by atomic mass is 10.1. The summed E-state index contributed by atoms with van der Waals surface area (Å²) in [6, 6.07) is 5.94. The fraction of sp³-hybridized carbons (Fsp3) is 0.0833. The van der Waals surface area contributed by atoms with E-state index in [4.69, 9.17) is 5.11 Å². The fourth-order valence-electron chi connectivity index (χ4n) is 1.38. The van der Waals surface area contributed by atoms with Crippen LogP contribution in [0.5, 0.6) is 0 Å². The van der Waals surface area contributed by atoms with Crippen molar-refractivity contribution < 1.29 is 14.3 Å². The van der Waals surface area contributed by atoms with Crippen LogP contribution in [0.25, 0.3) is 11.3 Å². The van der Waals surface area contributed by atoms with Crippen molar-refractivity contribution in [2.45, 2.75) is 6.92 Å². The maximum atomic E-state index is 13.4. The van der Waals surface area contributed by atoms with Crippen LogP contribution in [-0.2, 0) is 0 Å². The molecule has 0 aliphatic carbocycles. The van der Waals surface area contributed by atoms with Gasteiger partial charge >= 0.3 is 5.97 Å². The molecule has 0 amide bonds. The summed E-state index contributed by atoms with van der Waals surface area (Å²) in [7, 11) is 0. The summed E-state index contributed by atoms with van der Waals surface area (Å²) in [6.45, 7) is 1.65. The van der Waals surface area contributed by atoms with Crippen molar-refractivity contribution in [1.82, 2.24) is 9.97 Å². The third kappa shape index (κ3) is 2.28. The summed E-state index contributed by atoms with van der Waals surface area (Å²) in [5, 5.41) is 8.79. The molecule has 0 radical (unpaired) electrons. The number of rotatable bonds is 2. The molecule has 0 spiro atoms. The number of aryl methyl sites for hydroxylation is 1. The van der Waals surface area contributed by atoms with Crippen LogP contribution in [0.15, 0.2) is 30.6 Å². The molecule has 4 nitrogen and oxygen atoms in total. The van der Waals surface area contributed by atoms with Crippen molar-refractivity contribution in [3.05, 3.63) is 47.7 Å². The Hall–Kier alpha value is -2.30. The van der Waals surface area contributed by atoms with Crippen molar-refractivity contribution in [3.8, 4) is 11.3 Å². The highest BCUT2D eigenvalue weighted by atomic mass is 19.1. The van der Waals surface area contributed by atoms with Crippen LogP contribution in [0.3, 0.4) is 0 Å². The third-order valence-electron chi connectivity index (χ3n) is 2.35. The van der Waals surface area contributed by atoms with Gasteiger partial charge in [0.1, 0.15) is 12.1 Å². The van der Waals surface area contributed by atoms with Gasteiger partial charge in [0.05, 0.1) is 5.69 Å². The predicted molar refractivity (Wildman–Crippen MR) is 59.1 cm³/mol. The number of hydrogen-bond acceptors (Lipinski definition) is 3. The highest BCUT2D eigenvalue weighted by molar-refractivity contribution is 5.86. The van der Waals surface area contributed by atoms with Crippen molar-refractivity contribution in [2.75, 3.05) is 0 Å². The van der Waals surface area contributed by atoms with Gasteiger partial charge in [-0.3, -0.25) is 0 Å². The Kier molecular flexibility index (Phi) is 2.82. The maximum absolute atomic E-state index is 13.4. The quantitative estimate of drug-likeness (QED) is 0.862. The summed E-state index contributed by atoms with van der Waals surface area (Å²) >= 11 is 0. The first-order chi connectivity index (χ1) is 8.08. The maximum Gasteiger partial charge on any atom is 0.354 e. The van der Waals surface area contributed by atoms with E-state index in [1.807, 2.05) is 0 Å². The summed E-state index contributed by atoms with van der Waals surface area (Å²) in [5.41, 5.74) is 1.33. The Morgan fingerprint density at radius 2 is 2.06 bits per heavy atom. The van der Waals surface area contributed by atoms with E-state index in [1.54, 1.807) is 19.1 Å². The molecule has 0 aliphatic heterocycles. The molecular formula is C12H9FN2O2. The highest BCUT2D eigenvalue weighted by Crippen LogP contribution is 2.19. The monoisotopic (exact) mass is 232 g/mol. The molecule has 2 rings (SSSR count). The van der Waals surface area contributed by atoms with Gasteiger partial charge in [-0.1, -0.05) is 12.1 Å². The van der Waals surface area contributed by atoms with Gasteiger partial charge in [-0.2, -0.15) is 0 Å². The van der Waals surface area contributed by atoms with E-state index in [0.717, 1.165) is 6.33 Å². The highest BCUT2D eigenvalue weighted by Gasteiger charge is 2.08. The van der Waals surface area contributed by atoms with Crippen LogP contribution in [0.4, 0.5) is 4.39 Å².